The molecule has 1 spiro atoms. The van der Waals surface area contributed by atoms with E-state index in [-0.39, 0.29) is 0 Å². The molecule has 2 fully saturated rings. The molecule has 0 unspecified atom stereocenters. The normalized spacial score (nSPS) is 26.2. The van der Waals surface area contributed by atoms with Crippen LogP contribution in [0.2, 0.25) is 0 Å². The molecule has 0 aromatic heterocycles. The van der Waals surface area contributed by atoms with Crippen molar-refractivity contribution in [1.82, 2.24) is 0 Å². The molecule has 2 aliphatic rings. The molecule has 2 rings (SSSR count). The Balaban J connectivity index is 1.98. The molecule has 0 amide bonds. The highest BCUT2D eigenvalue weighted by Crippen LogP contribution is 2.61. The molecule has 98 valence electrons. The van der Waals surface area contributed by atoms with Crippen molar-refractivity contribution in [3.8, 4) is 0 Å². The highest BCUT2D eigenvalue weighted by Gasteiger charge is 2.58. The van der Waals surface area contributed by atoms with Gasteiger partial charge < -0.3 is 5.11 Å². The zero-order chi connectivity index (χ0) is 12.4. The van der Waals surface area contributed by atoms with Crippen LogP contribution in [0.5, 0.6) is 0 Å². The predicted octanol–water partition coefficient (Wildman–Crippen LogP) is 4.09. The summed E-state index contributed by atoms with van der Waals surface area (Å²) in [6.07, 6.45) is 10.8. The van der Waals surface area contributed by atoms with E-state index in [0.29, 0.717) is 5.41 Å². The molecule has 2 saturated carbocycles. The third kappa shape index (κ3) is 2.64. The van der Waals surface area contributed by atoms with Crippen LogP contribution in [0.15, 0.2) is 0 Å². The number of thioether (sulfide) groups is 1. The minimum Gasteiger partial charge on any atom is -0.480 e. The van der Waals surface area contributed by atoms with Gasteiger partial charge in [0, 0.05) is 0 Å². The molecular weight excluding hydrogens is 232 g/mol. The van der Waals surface area contributed by atoms with Gasteiger partial charge in [0.15, 0.2) is 0 Å². The molecule has 0 aliphatic heterocycles. The Morgan fingerprint density at radius 2 is 1.76 bits per heavy atom. The molecule has 2 nitrogen and oxygen atoms in total. The number of carboxylic acid groups (broad SMARTS) is 1. The molecule has 0 heterocycles. The molecule has 0 atom stereocenters. The molecule has 0 radical (unpaired) electrons. The maximum atomic E-state index is 11.5. The first-order valence-corrected chi connectivity index (χ1v) is 7.98. The molecule has 1 N–H and O–H groups in total. The first-order chi connectivity index (χ1) is 8.13. The van der Waals surface area contributed by atoms with Crippen LogP contribution in [0.25, 0.3) is 0 Å². The van der Waals surface area contributed by atoms with E-state index in [1.54, 1.807) is 11.8 Å². The summed E-state index contributed by atoms with van der Waals surface area (Å²) in [6, 6.07) is 0. The van der Waals surface area contributed by atoms with Gasteiger partial charge in [-0.05, 0) is 43.3 Å². The van der Waals surface area contributed by atoms with E-state index < -0.39 is 10.7 Å². The Labute approximate surface area is 109 Å². The first-order valence-electron chi connectivity index (χ1n) is 7.00. The van der Waals surface area contributed by atoms with Crippen LogP contribution in [0, 0.1) is 5.41 Å². The maximum Gasteiger partial charge on any atom is 0.319 e. The van der Waals surface area contributed by atoms with Gasteiger partial charge in [0.1, 0.15) is 4.75 Å². The fourth-order valence-corrected chi connectivity index (χ4v) is 5.14. The van der Waals surface area contributed by atoms with Gasteiger partial charge in [-0.2, -0.15) is 0 Å². The van der Waals surface area contributed by atoms with Crippen molar-refractivity contribution in [3.05, 3.63) is 0 Å². The predicted molar refractivity (Wildman–Crippen MR) is 72.5 cm³/mol. The largest absolute Gasteiger partial charge is 0.480 e. The minimum atomic E-state index is -0.564. The molecule has 3 heteroatoms. The highest BCUT2D eigenvalue weighted by molar-refractivity contribution is 8.01. The van der Waals surface area contributed by atoms with Crippen molar-refractivity contribution in [2.75, 3.05) is 5.75 Å². The van der Waals surface area contributed by atoms with Gasteiger partial charge in [0.2, 0.25) is 0 Å². The van der Waals surface area contributed by atoms with Crippen molar-refractivity contribution < 1.29 is 9.90 Å². The van der Waals surface area contributed by atoms with E-state index in [0.717, 1.165) is 25.0 Å². The van der Waals surface area contributed by atoms with Gasteiger partial charge in [0.05, 0.1) is 0 Å². The summed E-state index contributed by atoms with van der Waals surface area (Å²) in [5.41, 5.74) is 0.398. The molecule has 0 aromatic carbocycles. The van der Waals surface area contributed by atoms with E-state index in [4.69, 9.17) is 0 Å². The van der Waals surface area contributed by atoms with Crippen molar-refractivity contribution in [2.24, 2.45) is 5.41 Å². The van der Waals surface area contributed by atoms with Gasteiger partial charge in [-0.15, -0.1) is 11.8 Å². The number of aliphatic carboxylic acids is 1. The summed E-state index contributed by atoms with van der Waals surface area (Å²) in [6.45, 7) is 2.13. The van der Waals surface area contributed by atoms with Crippen LogP contribution in [-0.4, -0.2) is 21.6 Å². The van der Waals surface area contributed by atoms with E-state index >= 15 is 0 Å². The van der Waals surface area contributed by atoms with Gasteiger partial charge in [-0.25, -0.2) is 0 Å². The summed E-state index contributed by atoms with van der Waals surface area (Å²) in [5.74, 6) is 0.424. The second-order valence-corrected chi connectivity index (χ2v) is 7.39. The van der Waals surface area contributed by atoms with Crippen LogP contribution in [0.3, 0.4) is 0 Å². The minimum absolute atomic E-state index is 0.398. The third-order valence-corrected chi connectivity index (χ3v) is 6.09. The fraction of sp³-hybridized carbons (Fsp3) is 0.929. The Hall–Kier alpha value is -0.180. The van der Waals surface area contributed by atoms with Gasteiger partial charge in [-0.3, -0.25) is 4.79 Å². The van der Waals surface area contributed by atoms with Gasteiger partial charge >= 0.3 is 5.97 Å². The molecule has 2 aliphatic carbocycles. The summed E-state index contributed by atoms with van der Waals surface area (Å²) in [5, 5.41) is 9.47. The van der Waals surface area contributed by atoms with Gasteiger partial charge in [0.25, 0.3) is 0 Å². The monoisotopic (exact) mass is 256 g/mol. The van der Waals surface area contributed by atoms with E-state index in [1.165, 1.54) is 38.5 Å². The van der Waals surface area contributed by atoms with Gasteiger partial charge in [-0.1, -0.05) is 32.6 Å². The number of hydrogen-bond acceptors (Lipinski definition) is 2. The maximum absolute atomic E-state index is 11.5. The van der Waals surface area contributed by atoms with Crippen molar-refractivity contribution in [3.63, 3.8) is 0 Å². The van der Waals surface area contributed by atoms with Crippen molar-refractivity contribution >= 4 is 17.7 Å². The number of carbonyl (C=O) groups is 1. The second kappa shape index (κ2) is 5.21. The summed E-state index contributed by atoms with van der Waals surface area (Å²) in [4.78, 5) is 11.5. The van der Waals surface area contributed by atoms with Crippen molar-refractivity contribution in [2.45, 2.75) is 69.5 Å². The van der Waals surface area contributed by atoms with E-state index in [2.05, 4.69) is 6.92 Å². The summed E-state index contributed by atoms with van der Waals surface area (Å²) < 4.78 is -0.430. The number of hydrogen-bond donors (Lipinski definition) is 1. The molecule has 0 bridgehead atoms. The fourth-order valence-electron chi connectivity index (χ4n) is 3.60. The van der Waals surface area contributed by atoms with Crippen LogP contribution >= 0.6 is 11.8 Å². The Kier molecular flexibility index (Phi) is 4.06. The van der Waals surface area contributed by atoms with E-state index in [1.807, 2.05) is 0 Å². The standard InChI is InChI=1S/C14H24O2S/c1-2-9-17-14(12(15)16)10-13(11-14)7-5-3-4-6-8-13/h2-11H2,1H3,(H,15,16). The van der Waals surface area contributed by atoms with Crippen LogP contribution in [-0.2, 0) is 4.79 Å². The lowest BCUT2D eigenvalue weighted by molar-refractivity contribution is -0.147. The second-order valence-electron chi connectivity index (χ2n) is 5.92. The summed E-state index contributed by atoms with van der Waals surface area (Å²) in [7, 11) is 0. The SMILES string of the molecule is CCCSC1(C(=O)O)CC2(CCCCCC2)C1. The summed E-state index contributed by atoms with van der Waals surface area (Å²) >= 11 is 1.69. The van der Waals surface area contributed by atoms with Crippen LogP contribution < -0.4 is 0 Å². The average molecular weight is 256 g/mol. The lowest BCUT2D eigenvalue weighted by atomic mass is 9.58. The Bertz CT molecular complexity index is 272. The van der Waals surface area contributed by atoms with E-state index in [9.17, 15) is 9.90 Å². The quantitative estimate of drug-likeness (QED) is 0.823. The van der Waals surface area contributed by atoms with Crippen molar-refractivity contribution in [1.29, 1.82) is 0 Å². The molecule has 0 saturated heterocycles. The topological polar surface area (TPSA) is 37.3 Å². The molecule has 0 aromatic rings. The Morgan fingerprint density at radius 3 is 2.24 bits per heavy atom. The lowest BCUT2D eigenvalue weighted by Gasteiger charge is -2.53. The first kappa shape index (κ1) is 13.3. The third-order valence-electron chi connectivity index (χ3n) is 4.46. The average Bonchev–Trinajstić information content (AvgIpc) is 2.49. The van der Waals surface area contributed by atoms with Crippen LogP contribution in [0.1, 0.15) is 64.7 Å². The van der Waals surface area contributed by atoms with Crippen LogP contribution in [0.4, 0.5) is 0 Å². The molecular formula is C14H24O2S. The lowest BCUT2D eigenvalue weighted by Crippen LogP contribution is -2.54. The number of carboxylic acids is 1. The smallest absolute Gasteiger partial charge is 0.319 e. The zero-order valence-electron chi connectivity index (χ0n) is 10.8. The zero-order valence-corrected chi connectivity index (χ0v) is 11.7. The molecule has 17 heavy (non-hydrogen) atoms. The highest BCUT2D eigenvalue weighted by atomic mass is 32.2. The number of rotatable bonds is 4. The Morgan fingerprint density at radius 1 is 1.18 bits per heavy atom.